The van der Waals surface area contributed by atoms with Gasteiger partial charge in [-0.15, -0.1) is 0 Å². The lowest BCUT2D eigenvalue weighted by molar-refractivity contribution is 0.554. The Balaban J connectivity index is 2.65. The van der Waals surface area contributed by atoms with E-state index in [0.717, 1.165) is 12.8 Å². The molecule has 5 heteroatoms. The van der Waals surface area contributed by atoms with Gasteiger partial charge in [0, 0.05) is 12.2 Å². The molecule has 1 aliphatic rings. The van der Waals surface area contributed by atoms with E-state index in [2.05, 4.69) is 4.99 Å². The largest absolute Gasteiger partial charge is 0.387 e. The van der Waals surface area contributed by atoms with Crippen LogP contribution in [0.15, 0.2) is 4.99 Å². The van der Waals surface area contributed by atoms with Crippen LogP contribution in [0.5, 0.6) is 0 Å². The molecule has 1 rings (SSSR count). The summed E-state index contributed by atoms with van der Waals surface area (Å²) in [6.07, 6.45) is 5.84. The highest BCUT2D eigenvalue weighted by Gasteiger charge is 2.30. The first-order valence-corrected chi connectivity index (χ1v) is 7.62. The van der Waals surface area contributed by atoms with Gasteiger partial charge in [-0.2, -0.15) is 0 Å². The summed E-state index contributed by atoms with van der Waals surface area (Å²) in [6.45, 7) is 3.63. The Bertz CT molecular complexity index is 365. The third kappa shape index (κ3) is 3.20. The molecule has 2 N–H and O–H groups in total. The summed E-state index contributed by atoms with van der Waals surface area (Å²) < 4.78 is 22.1. The average Bonchev–Trinajstić information content (AvgIpc) is 2.65. The van der Waals surface area contributed by atoms with Crippen LogP contribution in [0.4, 0.5) is 0 Å². The zero-order chi connectivity index (χ0) is 12.4. The van der Waals surface area contributed by atoms with E-state index in [0.29, 0.717) is 11.8 Å². The summed E-state index contributed by atoms with van der Waals surface area (Å²) in [4.78, 5) is 4.26. The second kappa shape index (κ2) is 4.73. The second-order valence-electron chi connectivity index (χ2n) is 5.25. The van der Waals surface area contributed by atoms with Crippen molar-refractivity contribution < 1.29 is 8.42 Å². The number of aliphatic imine (C=N–C) groups is 1. The number of nitrogens with two attached hydrogens (primary N) is 1. The molecule has 0 amide bonds. The molecule has 1 aliphatic carbocycles. The van der Waals surface area contributed by atoms with E-state index in [1.165, 1.54) is 19.1 Å². The first kappa shape index (κ1) is 13.5. The molecule has 0 radical (unpaired) electrons. The van der Waals surface area contributed by atoms with Gasteiger partial charge in [0.25, 0.3) is 0 Å². The van der Waals surface area contributed by atoms with Crippen molar-refractivity contribution in [1.82, 2.24) is 0 Å². The van der Waals surface area contributed by atoms with Gasteiger partial charge in [-0.3, -0.25) is 4.99 Å². The van der Waals surface area contributed by atoms with E-state index < -0.39 is 14.6 Å². The molecule has 0 bridgehead atoms. The molecule has 0 spiro atoms. The third-order valence-corrected chi connectivity index (χ3v) is 5.56. The van der Waals surface area contributed by atoms with Crippen molar-refractivity contribution in [2.75, 3.05) is 12.8 Å². The summed E-state index contributed by atoms with van der Waals surface area (Å²) in [6, 6.07) is 0. The summed E-state index contributed by atoms with van der Waals surface area (Å²) >= 11 is 0. The van der Waals surface area contributed by atoms with Crippen molar-refractivity contribution in [2.45, 2.75) is 44.3 Å². The number of hydrogen-bond donors (Lipinski definition) is 1. The standard InChI is InChI=1S/C11H22N2O2S/c1-11(2,16(3,14)15)8-13-10(12)9-6-4-5-7-9/h9H,4-8H2,1-3H3,(H2,12,13). The molecule has 0 unspecified atom stereocenters. The van der Waals surface area contributed by atoms with Crippen LogP contribution in [0.1, 0.15) is 39.5 Å². The monoisotopic (exact) mass is 246 g/mol. The van der Waals surface area contributed by atoms with Crippen LogP contribution in [0.3, 0.4) is 0 Å². The Morgan fingerprint density at radius 1 is 1.38 bits per heavy atom. The smallest absolute Gasteiger partial charge is 0.154 e. The van der Waals surface area contributed by atoms with E-state index in [1.54, 1.807) is 13.8 Å². The van der Waals surface area contributed by atoms with Crippen LogP contribution < -0.4 is 5.73 Å². The molecule has 0 atom stereocenters. The minimum atomic E-state index is -3.08. The van der Waals surface area contributed by atoms with E-state index in [-0.39, 0.29) is 6.54 Å². The first-order chi connectivity index (χ1) is 7.24. The van der Waals surface area contributed by atoms with Gasteiger partial charge in [0.15, 0.2) is 9.84 Å². The van der Waals surface area contributed by atoms with E-state index >= 15 is 0 Å². The maximum absolute atomic E-state index is 11.5. The lowest BCUT2D eigenvalue weighted by Crippen LogP contribution is -2.35. The maximum atomic E-state index is 11.5. The van der Waals surface area contributed by atoms with Crippen LogP contribution in [0, 0.1) is 5.92 Å². The van der Waals surface area contributed by atoms with Crippen molar-refractivity contribution in [3.05, 3.63) is 0 Å². The second-order valence-corrected chi connectivity index (χ2v) is 7.90. The fourth-order valence-electron chi connectivity index (χ4n) is 1.75. The number of rotatable bonds is 4. The Morgan fingerprint density at radius 2 is 1.88 bits per heavy atom. The van der Waals surface area contributed by atoms with Crippen LogP contribution in [-0.2, 0) is 9.84 Å². The van der Waals surface area contributed by atoms with Gasteiger partial charge in [0.1, 0.15) is 0 Å². The Morgan fingerprint density at radius 3 is 2.31 bits per heavy atom. The number of sulfone groups is 1. The van der Waals surface area contributed by atoms with E-state index in [1.807, 2.05) is 0 Å². The van der Waals surface area contributed by atoms with Gasteiger partial charge >= 0.3 is 0 Å². The highest BCUT2D eigenvalue weighted by Crippen LogP contribution is 2.25. The Hall–Kier alpha value is -0.580. The molecule has 4 nitrogen and oxygen atoms in total. The highest BCUT2D eigenvalue weighted by atomic mass is 32.2. The molecule has 0 heterocycles. The zero-order valence-electron chi connectivity index (χ0n) is 10.4. The van der Waals surface area contributed by atoms with Crippen molar-refractivity contribution in [2.24, 2.45) is 16.6 Å². The van der Waals surface area contributed by atoms with Crippen LogP contribution >= 0.6 is 0 Å². The van der Waals surface area contributed by atoms with E-state index in [9.17, 15) is 8.42 Å². The van der Waals surface area contributed by atoms with Crippen molar-refractivity contribution in [3.63, 3.8) is 0 Å². The van der Waals surface area contributed by atoms with E-state index in [4.69, 9.17) is 5.73 Å². The van der Waals surface area contributed by atoms with Crippen LogP contribution in [0.25, 0.3) is 0 Å². The summed E-state index contributed by atoms with van der Waals surface area (Å²) in [5.74, 6) is 1.00. The predicted molar refractivity (Wildman–Crippen MR) is 67.4 cm³/mol. The molecule has 16 heavy (non-hydrogen) atoms. The van der Waals surface area contributed by atoms with Crippen molar-refractivity contribution in [3.8, 4) is 0 Å². The van der Waals surface area contributed by atoms with Gasteiger partial charge in [-0.05, 0) is 26.7 Å². The zero-order valence-corrected chi connectivity index (χ0v) is 11.2. The van der Waals surface area contributed by atoms with Gasteiger partial charge < -0.3 is 5.73 Å². The van der Waals surface area contributed by atoms with Gasteiger partial charge in [0.05, 0.1) is 17.1 Å². The average molecular weight is 246 g/mol. The number of hydrogen-bond acceptors (Lipinski definition) is 3. The molecule has 0 aromatic carbocycles. The lowest BCUT2D eigenvalue weighted by Gasteiger charge is -2.20. The summed E-state index contributed by atoms with van der Waals surface area (Å²) in [5.41, 5.74) is 5.88. The Labute approximate surface area is 98.2 Å². The van der Waals surface area contributed by atoms with Crippen LogP contribution in [0.2, 0.25) is 0 Å². The van der Waals surface area contributed by atoms with Gasteiger partial charge in [-0.25, -0.2) is 8.42 Å². The fraction of sp³-hybridized carbons (Fsp3) is 0.909. The fourth-order valence-corrected chi connectivity index (χ4v) is 2.05. The summed E-state index contributed by atoms with van der Waals surface area (Å²) in [5, 5.41) is 0. The highest BCUT2D eigenvalue weighted by molar-refractivity contribution is 7.92. The Kier molecular flexibility index (Phi) is 3.99. The molecule has 94 valence electrons. The SMILES string of the molecule is CC(C)(CN=C(N)C1CCCC1)S(C)(=O)=O. The lowest BCUT2D eigenvalue weighted by atomic mass is 10.1. The molecule has 1 saturated carbocycles. The molecular weight excluding hydrogens is 224 g/mol. The predicted octanol–water partition coefficient (Wildman–Crippen LogP) is 1.36. The van der Waals surface area contributed by atoms with Crippen molar-refractivity contribution in [1.29, 1.82) is 0 Å². The number of nitrogens with zero attached hydrogens (tertiary/aromatic N) is 1. The first-order valence-electron chi connectivity index (χ1n) is 5.73. The quantitative estimate of drug-likeness (QED) is 0.601. The third-order valence-electron chi connectivity index (χ3n) is 3.42. The molecule has 0 aromatic heterocycles. The number of amidine groups is 1. The minimum Gasteiger partial charge on any atom is -0.387 e. The maximum Gasteiger partial charge on any atom is 0.154 e. The topological polar surface area (TPSA) is 72.5 Å². The minimum absolute atomic E-state index is 0.258. The van der Waals surface area contributed by atoms with Crippen molar-refractivity contribution >= 4 is 15.7 Å². The molecule has 0 aliphatic heterocycles. The normalized spacial score (nSPS) is 20.3. The molecule has 1 fully saturated rings. The molecule has 0 aromatic rings. The van der Waals surface area contributed by atoms with Crippen LogP contribution in [-0.4, -0.2) is 31.8 Å². The summed E-state index contributed by atoms with van der Waals surface area (Å²) in [7, 11) is -3.08. The van der Waals surface area contributed by atoms with Gasteiger partial charge in [0.2, 0.25) is 0 Å². The molecule has 0 saturated heterocycles. The molecular formula is C11H22N2O2S. The van der Waals surface area contributed by atoms with Gasteiger partial charge in [-0.1, -0.05) is 12.8 Å².